The lowest BCUT2D eigenvalue weighted by Crippen LogP contribution is -2.30. The van der Waals surface area contributed by atoms with Crippen molar-refractivity contribution in [2.75, 3.05) is 0 Å². The van der Waals surface area contributed by atoms with E-state index in [0.717, 1.165) is 0 Å². The van der Waals surface area contributed by atoms with Crippen molar-refractivity contribution in [3.05, 3.63) is 48.2 Å². The Morgan fingerprint density at radius 3 is 2.40 bits per heavy atom. The monoisotopic (exact) mass is 292 g/mol. The van der Waals surface area contributed by atoms with Gasteiger partial charge in [0.05, 0.1) is 11.1 Å². The number of aromatic nitrogens is 1. The third-order valence-electron chi connectivity index (χ3n) is 2.99. The van der Waals surface area contributed by atoms with Gasteiger partial charge in [-0.25, -0.2) is 4.57 Å². The molecule has 0 aliphatic carbocycles. The maximum atomic E-state index is 11.8. The molecule has 2 aromatic rings. The first-order valence-corrected chi connectivity index (χ1v) is 7.33. The largest absolute Gasteiger partial charge is 0.295 e. The number of rotatable bonds is 3. The van der Waals surface area contributed by atoms with Gasteiger partial charge >= 0.3 is 0 Å². The van der Waals surface area contributed by atoms with Crippen LogP contribution in [0, 0.1) is 0 Å². The van der Waals surface area contributed by atoms with Gasteiger partial charge < -0.3 is 0 Å². The summed E-state index contributed by atoms with van der Waals surface area (Å²) in [5.41, 5.74) is 1.15. The molecule has 20 heavy (non-hydrogen) atoms. The highest BCUT2D eigenvalue weighted by Gasteiger charge is 2.24. The number of nitrogens with zero attached hydrogens (tertiary/aromatic N) is 1. The summed E-state index contributed by atoms with van der Waals surface area (Å²) in [6.45, 7) is 1.27. The lowest BCUT2D eigenvalue weighted by atomic mass is 10.0. The van der Waals surface area contributed by atoms with Gasteiger partial charge in [-0.05, 0) is 25.1 Å². The van der Waals surface area contributed by atoms with Gasteiger partial charge in [0, 0.05) is 12.1 Å². The molecule has 0 spiro atoms. The van der Waals surface area contributed by atoms with Crippen LogP contribution in [0.15, 0.2) is 47.5 Å². The number of Topliss-reactive ketones (excluding diaryl/α,β-unsaturated/α-hetero) is 1. The number of carbonyl (C=O) groups excluding carboxylic acids is 1. The molecule has 0 radical (unpaired) electrons. The highest BCUT2D eigenvalue weighted by molar-refractivity contribution is 7.86. The predicted octanol–water partition coefficient (Wildman–Crippen LogP) is 1.63. The van der Waals surface area contributed by atoms with E-state index in [9.17, 15) is 17.8 Å². The van der Waals surface area contributed by atoms with Gasteiger partial charge in [0.2, 0.25) is 5.69 Å². The SMILES string of the molecule is CC(=O)c1c(-c2cccc[n+]2C)cccc1S(=O)(=O)O. The summed E-state index contributed by atoms with van der Waals surface area (Å²) in [5.74, 6) is -0.419. The molecule has 1 heterocycles. The van der Waals surface area contributed by atoms with Gasteiger partial charge in [-0.15, -0.1) is 0 Å². The molecule has 0 saturated carbocycles. The molecule has 0 aliphatic rings. The Labute approximate surface area is 117 Å². The third-order valence-corrected chi connectivity index (χ3v) is 3.88. The van der Waals surface area contributed by atoms with E-state index in [1.807, 2.05) is 6.07 Å². The van der Waals surface area contributed by atoms with Crippen LogP contribution in [-0.2, 0) is 17.2 Å². The van der Waals surface area contributed by atoms with Crippen molar-refractivity contribution in [3.63, 3.8) is 0 Å². The van der Waals surface area contributed by atoms with Crippen molar-refractivity contribution >= 4 is 15.9 Å². The van der Waals surface area contributed by atoms with Crippen molar-refractivity contribution in [1.29, 1.82) is 0 Å². The Morgan fingerprint density at radius 2 is 1.85 bits per heavy atom. The maximum absolute atomic E-state index is 11.8. The second kappa shape index (κ2) is 5.15. The zero-order chi connectivity index (χ0) is 14.9. The number of pyridine rings is 1. The minimum absolute atomic E-state index is 0.00296. The van der Waals surface area contributed by atoms with Gasteiger partial charge in [-0.3, -0.25) is 9.35 Å². The number of aryl methyl sites for hydroxylation is 1. The van der Waals surface area contributed by atoms with E-state index in [1.165, 1.54) is 19.1 Å². The standard InChI is InChI=1S/C14H13NO4S/c1-10(16)14-11(12-7-3-4-9-15(12)2)6-5-8-13(14)20(17,18)19/h3-9H,1-2H3/p+1. The lowest BCUT2D eigenvalue weighted by Gasteiger charge is -2.09. The predicted molar refractivity (Wildman–Crippen MR) is 72.9 cm³/mol. The maximum Gasteiger partial charge on any atom is 0.295 e. The van der Waals surface area contributed by atoms with Crippen LogP contribution < -0.4 is 4.57 Å². The van der Waals surface area contributed by atoms with E-state index in [1.54, 1.807) is 36.0 Å². The van der Waals surface area contributed by atoms with Gasteiger partial charge in [0.1, 0.15) is 11.9 Å². The van der Waals surface area contributed by atoms with E-state index >= 15 is 0 Å². The topological polar surface area (TPSA) is 75.3 Å². The van der Waals surface area contributed by atoms with E-state index in [-0.39, 0.29) is 10.5 Å². The fourth-order valence-electron chi connectivity index (χ4n) is 2.13. The molecule has 104 valence electrons. The van der Waals surface area contributed by atoms with Crippen molar-refractivity contribution in [2.24, 2.45) is 7.05 Å². The molecular weight excluding hydrogens is 278 g/mol. The van der Waals surface area contributed by atoms with Gasteiger partial charge in [-0.2, -0.15) is 8.42 Å². The molecule has 6 heteroatoms. The van der Waals surface area contributed by atoms with Crippen LogP contribution in [0.1, 0.15) is 17.3 Å². The molecular formula is C14H14NO4S+. The molecule has 1 N–H and O–H groups in total. The Kier molecular flexibility index (Phi) is 3.69. The molecule has 0 amide bonds. The van der Waals surface area contributed by atoms with Gasteiger partial charge in [0.15, 0.2) is 12.0 Å². The van der Waals surface area contributed by atoms with E-state index in [0.29, 0.717) is 11.3 Å². The van der Waals surface area contributed by atoms with Crippen LogP contribution in [0.5, 0.6) is 0 Å². The van der Waals surface area contributed by atoms with E-state index in [4.69, 9.17) is 0 Å². The molecule has 0 unspecified atom stereocenters. The van der Waals surface area contributed by atoms with Crippen LogP contribution >= 0.6 is 0 Å². The Balaban J connectivity index is 2.86. The molecule has 1 aromatic heterocycles. The summed E-state index contributed by atoms with van der Waals surface area (Å²) in [7, 11) is -2.66. The normalized spacial score (nSPS) is 11.3. The quantitative estimate of drug-likeness (QED) is 0.530. The lowest BCUT2D eigenvalue weighted by molar-refractivity contribution is -0.660. The summed E-state index contributed by atoms with van der Waals surface area (Å²) < 4.78 is 33.9. The van der Waals surface area contributed by atoms with Crippen molar-refractivity contribution < 1.29 is 22.3 Å². The van der Waals surface area contributed by atoms with Crippen LogP contribution in [0.2, 0.25) is 0 Å². The summed E-state index contributed by atoms with van der Waals surface area (Å²) in [4.78, 5) is 11.5. The van der Waals surface area contributed by atoms with Gasteiger partial charge in [0.25, 0.3) is 10.1 Å². The second-order valence-corrected chi connectivity index (χ2v) is 5.80. The molecule has 5 nitrogen and oxygen atoms in total. The zero-order valence-corrected chi connectivity index (χ0v) is 11.9. The van der Waals surface area contributed by atoms with Gasteiger partial charge in [-0.1, -0.05) is 6.07 Å². The second-order valence-electron chi connectivity index (χ2n) is 4.41. The van der Waals surface area contributed by atoms with Crippen molar-refractivity contribution in [2.45, 2.75) is 11.8 Å². The first-order chi connectivity index (χ1) is 9.32. The Morgan fingerprint density at radius 1 is 1.15 bits per heavy atom. The molecule has 1 aromatic carbocycles. The fourth-order valence-corrected chi connectivity index (χ4v) is 2.89. The Bertz CT molecular complexity index is 782. The summed E-state index contributed by atoms with van der Waals surface area (Å²) >= 11 is 0. The first kappa shape index (κ1) is 14.4. The minimum Gasteiger partial charge on any atom is -0.294 e. The first-order valence-electron chi connectivity index (χ1n) is 5.89. The smallest absolute Gasteiger partial charge is 0.294 e. The summed E-state index contributed by atoms with van der Waals surface area (Å²) in [6.07, 6.45) is 1.79. The summed E-state index contributed by atoms with van der Waals surface area (Å²) in [5, 5.41) is 0. The number of hydrogen-bond acceptors (Lipinski definition) is 3. The number of carbonyl (C=O) groups is 1. The number of hydrogen-bond donors (Lipinski definition) is 1. The average molecular weight is 292 g/mol. The van der Waals surface area contributed by atoms with E-state index in [2.05, 4.69) is 0 Å². The highest BCUT2D eigenvalue weighted by Crippen LogP contribution is 2.27. The fraction of sp³-hybridized carbons (Fsp3) is 0.143. The number of ketones is 1. The van der Waals surface area contributed by atoms with E-state index < -0.39 is 15.9 Å². The molecule has 0 atom stereocenters. The van der Waals surface area contributed by atoms with Crippen LogP contribution in [0.4, 0.5) is 0 Å². The molecule has 0 aliphatic heterocycles. The average Bonchev–Trinajstić information content (AvgIpc) is 2.37. The van der Waals surface area contributed by atoms with Crippen molar-refractivity contribution in [3.8, 4) is 11.3 Å². The minimum atomic E-state index is -4.45. The molecule has 0 bridgehead atoms. The number of benzene rings is 1. The molecule has 0 saturated heterocycles. The van der Waals surface area contributed by atoms with Crippen LogP contribution in [0.25, 0.3) is 11.3 Å². The zero-order valence-electron chi connectivity index (χ0n) is 11.1. The van der Waals surface area contributed by atoms with Crippen molar-refractivity contribution in [1.82, 2.24) is 0 Å². The van der Waals surface area contributed by atoms with Crippen LogP contribution in [0.3, 0.4) is 0 Å². The third kappa shape index (κ3) is 2.61. The highest BCUT2D eigenvalue weighted by atomic mass is 32.2. The van der Waals surface area contributed by atoms with Crippen LogP contribution in [-0.4, -0.2) is 18.8 Å². The molecule has 2 rings (SSSR count). The Hall–Kier alpha value is -2.05. The molecule has 0 fully saturated rings. The summed E-state index contributed by atoms with van der Waals surface area (Å²) in [6, 6.07) is 9.76.